The van der Waals surface area contributed by atoms with Crippen LogP contribution in [-0.4, -0.2) is 32.1 Å². The van der Waals surface area contributed by atoms with Crippen molar-refractivity contribution in [2.75, 3.05) is 20.3 Å². The molecule has 0 atom stereocenters. The summed E-state index contributed by atoms with van der Waals surface area (Å²) in [6.07, 6.45) is 4.41. The van der Waals surface area contributed by atoms with Gasteiger partial charge in [-0.1, -0.05) is 31.2 Å². The van der Waals surface area contributed by atoms with Gasteiger partial charge in [-0.15, -0.1) is 0 Å². The smallest absolute Gasteiger partial charge is 0.330 e. The lowest BCUT2D eigenvalue weighted by Crippen LogP contribution is -2.30. The van der Waals surface area contributed by atoms with Gasteiger partial charge in [-0.2, -0.15) is 0 Å². The average molecular weight is 291 g/mol. The predicted octanol–water partition coefficient (Wildman–Crippen LogP) is 1.86. The third kappa shape index (κ3) is 6.61. The van der Waals surface area contributed by atoms with Gasteiger partial charge in [-0.05, 0) is 24.5 Å². The second-order valence-electron chi connectivity index (χ2n) is 4.33. The molecule has 114 valence electrons. The number of esters is 1. The minimum absolute atomic E-state index is 0.265. The molecule has 1 aromatic rings. The summed E-state index contributed by atoms with van der Waals surface area (Å²) in [7, 11) is 1.61. The Hall–Kier alpha value is -2.30. The number of methoxy groups -OCH3 is 1. The van der Waals surface area contributed by atoms with E-state index in [1.807, 2.05) is 31.2 Å². The van der Waals surface area contributed by atoms with Crippen LogP contribution < -0.4 is 10.1 Å². The van der Waals surface area contributed by atoms with E-state index in [1.54, 1.807) is 13.2 Å². The number of allylic oxidation sites excluding steroid dienone is 1. The third-order valence-electron chi connectivity index (χ3n) is 2.74. The molecule has 0 radical (unpaired) electrons. The molecule has 0 fully saturated rings. The molecule has 0 aliphatic carbocycles. The molecule has 0 saturated carbocycles. The van der Waals surface area contributed by atoms with Gasteiger partial charge in [0.1, 0.15) is 5.75 Å². The summed E-state index contributed by atoms with van der Waals surface area (Å²) in [5.74, 6) is -0.0252. The molecular formula is C16H21NO4. The first-order chi connectivity index (χ1) is 10.2. The standard InChI is InChI=1S/C16H21NO4/c1-3-4-9-16(19)21-12-15(18)17-11-10-13-7-5-6-8-14(13)20-2/h4-9H,3,10-12H2,1-2H3,(H,17,18)/b9-4+. The van der Waals surface area contributed by atoms with Gasteiger partial charge in [-0.25, -0.2) is 4.79 Å². The molecule has 0 bridgehead atoms. The Bertz CT molecular complexity index is 497. The normalized spacial score (nSPS) is 10.4. The summed E-state index contributed by atoms with van der Waals surface area (Å²) in [6, 6.07) is 7.63. The summed E-state index contributed by atoms with van der Waals surface area (Å²) in [6.45, 7) is 2.11. The Morgan fingerprint density at radius 2 is 2.05 bits per heavy atom. The maximum atomic E-state index is 11.5. The van der Waals surface area contributed by atoms with Crippen LogP contribution in [0.3, 0.4) is 0 Å². The molecule has 0 aromatic heterocycles. The van der Waals surface area contributed by atoms with Gasteiger partial charge in [0.05, 0.1) is 7.11 Å². The van der Waals surface area contributed by atoms with E-state index < -0.39 is 5.97 Å². The lowest BCUT2D eigenvalue weighted by atomic mass is 10.1. The minimum Gasteiger partial charge on any atom is -0.496 e. The predicted molar refractivity (Wildman–Crippen MR) is 80.1 cm³/mol. The zero-order chi connectivity index (χ0) is 15.5. The van der Waals surface area contributed by atoms with E-state index in [2.05, 4.69) is 5.32 Å². The van der Waals surface area contributed by atoms with E-state index >= 15 is 0 Å². The molecule has 0 spiro atoms. The lowest BCUT2D eigenvalue weighted by Gasteiger charge is -2.09. The molecule has 5 heteroatoms. The van der Waals surface area contributed by atoms with Crippen LogP contribution in [0.5, 0.6) is 5.75 Å². The lowest BCUT2D eigenvalue weighted by molar-refractivity contribution is -0.143. The molecule has 0 aliphatic heterocycles. The number of benzene rings is 1. The van der Waals surface area contributed by atoms with Gasteiger partial charge in [0.25, 0.3) is 5.91 Å². The first-order valence-electron chi connectivity index (χ1n) is 6.89. The van der Waals surface area contributed by atoms with Crippen molar-refractivity contribution in [3.05, 3.63) is 42.0 Å². The van der Waals surface area contributed by atoms with Gasteiger partial charge >= 0.3 is 5.97 Å². The van der Waals surface area contributed by atoms with Crippen LogP contribution in [0.1, 0.15) is 18.9 Å². The Kier molecular flexibility index (Phi) is 7.64. The second-order valence-corrected chi connectivity index (χ2v) is 4.33. The molecule has 1 aromatic carbocycles. The van der Waals surface area contributed by atoms with Crippen molar-refractivity contribution in [3.8, 4) is 5.75 Å². The molecule has 5 nitrogen and oxygen atoms in total. The van der Waals surface area contributed by atoms with E-state index in [0.29, 0.717) is 13.0 Å². The van der Waals surface area contributed by atoms with Gasteiger partial charge in [-0.3, -0.25) is 4.79 Å². The minimum atomic E-state index is -0.503. The van der Waals surface area contributed by atoms with Crippen LogP contribution >= 0.6 is 0 Å². The molecule has 0 saturated heterocycles. The molecule has 0 unspecified atom stereocenters. The zero-order valence-corrected chi connectivity index (χ0v) is 12.4. The number of para-hydroxylation sites is 1. The van der Waals surface area contributed by atoms with Crippen LogP contribution in [0.15, 0.2) is 36.4 Å². The van der Waals surface area contributed by atoms with E-state index in [9.17, 15) is 9.59 Å². The quantitative estimate of drug-likeness (QED) is 0.586. The molecule has 1 amide bonds. The summed E-state index contributed by atoms with van der Waals surface area (Å²) in [5, 5.41) is 2.70. The van der Waals surface area contributed by atoms with Crippen molar-refractivity contribution in [3.63, 3.8) is 0 Å². The molecule has 0 aliphatic rings. The van der Waals surface area contributed by atoms with Crippen molar-refractivity contribution in [1.82, 2.24) is 5.32 Å². The maximum Gasteiger partial charge on any atom is 0.330 e. The number of ether oxygens (including phenoxy) is 2. The number of amides is 1. The fourth-order valence-electron chi connectivity index (χ4n) is 1.70. The molecule has 1 N–H and O–H groups in total. The third-order valence-corrected chi connectivity index (χ3v) is 2.74. The van der Waals surface area contributed by atoms with Crippen molar-refractivity contribution in [1.29, 1.82) is 0 Å². The van der Waals surface area contributed by atoms with E-state index in [4.69, 9.17) is 9.47 Å². The topological polar surface area (TPSA) is 64.6 Å². The Morgan fingerprint density at radius 3 is 2.76 bits per heavy atom. The van der Waals surface area contributed by atoms with Gasteiger partial charge in [0, 0.05) is 12.6 Å². The van der Waals surface area contributed by atoms with Crippen LogP contribution in [0.2, 0.25) is 0 Å². The summed E-state index contributed by atoms with van der Waals surface area (Å²) < 4.78 is 10.0. The average Bonchev–Trinajstić information content (AvgIpc) is 2.51. The maximum absolute atomic E-state index is 11.5. The van der Waals surface area contributed by atoms with Gasteiger partial charge in [0.2, 0.25) is 0 Å². The Morgan fingerprint density at radius 1 is 1.29 bits per heavy atom. The highest BCUT2D eigenvalue weighted by Crippen LogP contribution is 2.17. The van der Waals surface area contributed by atoms with Gasteiger partial charge in [0.15, 0.2) is 6.61 Å². The molecule has 0 heterocycles. The van der Waals surface area contributed by atoms with Crippen LogP contribution in [0.4, 0.5) is 0 Å². The first kappa shape index (κ1) is 16.8. The highest BCUT2D eigenvalue weighted by atomic mass is 16.5. The Labute approximate surface area is 124 Å². The summed E-state index contributed by atoms with van der Waals surface area (Å²) >= 11 is 0. The highest BCUT2D eigenvalue weighted by molar-refractivity contribution is 5.85. The van der Waals surface area contributed by atoms with Crippen LogP contribution in [-0.2, 0) is 20.7 Å². The van der Waals surface area contributed by atoms with Crippen molar-refractivity contribution in [2.45, 2.75) is 19.8 Å². The number of hydrogen-bond acceptors (Lipinski definition) is 4. The fourth-order valence-corrected chi connectivity index (χ4v) is 1.70. The van der Waals surface area contributed by atoms with Crippen molar-refractivity contribution < 1.29 is 19.1 Å². The number of rotatable bonds is 8. The SMILES string of the molecule is CC/C=C/C(=O)OCC(=O)NCCc1ccccc1OC. The Balaban J connectivity index is 2.27. The monoisotopic (exact) mass is 291 g/mol. The van der Waals surface area contributed by atoms with E-state index in [-0.39, 0.29) is 12.5 Å². The van der Waals surface area contributed by atoms with E-state index in [0.717, 1.165) is 17.7 Å². The van der Waals surface area contributed by atoms with Crippen molar-refractivity contribution >= 4 is 11.9 Å². The number of nitrogens with one attached hydrogen (secondary N) is 1. The number of carbonyl (C=O) groups excluding carboxylic acids is 2. The molecule has 1 rings (SSSR count). The molecular weight excluding hydrogens is 270 g/mol. The van der Waals surface area contributed by atoms with Crippen molar-refractivity contribution in [2.24, 2.45) is 0 Å². The largest absolute Gasteiger partial charge is 0.496 e. The summed E-state index contributed by atoms with van der Waals surface area (Å²) in [4.78, 5) is 22.7. The fraction of sp³-hybridized carbons (Fsp3) is 0.375. The number of hydrogen-bond donors (Lipinski definition) is 1. The van der Waals surface area contributed by atoms with Crippen LogP contribution in [0, 0.1) is 0 Å². The summed E-state index contributed by atoms with van der Waals surface area (Å²) in [5.41, 5.74) is 1.02. The first-order valence-corrected chi connectivity index (χ1v) is 6.89. The zero-order valence-electron chi connectivity index (χ0n) is 12.4. The number of carbonyl (C=O) groups is 2. The highest BCUT2D eigenvalue weighted by Gasteiger charge is 2.06. The van der Waals surface area contributed by atoms with E-state index in [1.165, 1.54) is 6.08 Å². The van der Waals surface area contributed by atoms with Gasteiger partial charge < -0.3 is 14.8 Å². The van der Waals surface area contributed by atoms with Crippen LogP contribution in [0.25, 0.3) is 0 Å². The molecule has 21 heavy (non-hydrogen) atoms. The second kappa shape index (κ2) is 9.58.